The van der Waals surface area contributed by atoms with Gasteiger partial charge in [-0.3, -0.25) is 14.7 Å². The Hall–Kier alpha value is -2.27. The van der Waals surface area contributed by atoms with Crippen molar-refractivity contribution >= 4 is 23.7 Å². The lowest BCUT2D eigenvalue weighted by Gasteiger charge is -2.54. The number of nitrogens with zero attached hydrogens (tertiary/aromatic N) is 2. The Morgan fingerprint density at radius 2 is 2.19 bits per heavy atom. The van der Waals surface area contributed by atoms with Crippen LogP contribution in [0.15, 0.2) is 40.9 Å². The van der Waals surface area contributed by atoms with Gasteiger partial charge in [0.15, 0.2) is 5.41 Å². The van der Waals surface area contributed by atoms with Crippen LogP contribution in [-0.2, 0) is 19.7 Å². The lowest BCUT2D eigenvalue weighted by Crippen LogP contribution is -2.66. The van der Waals surface area contributed by atoms with Crippen molar-refractivity contribution in [3.05, 3.63) is 41.5 Å². The lowest BCUT2D eigenvalue weighted by molar-refractivity contribution is -0.154. The Kier molecular flexibility index (Phi) is 3.15. The first-order chi connectivity index (χ1) is 12.6. The summed E-state index contributed by atoms with van der Waals surface area (Å²) < 4.78 is 5.19. The van der Waals surface area contributed by atoms with E-state index in [2.05, 4.69) is 17.0 Å². The smallest absolute Gasteiger partial charge is 0.325 e. The number of para-hydroxylation sites is 1. The molecule has 134 valence electrons. The number of rotatable bonds is 2. The predicted molar refractivity (Wildman–Crippen MR) is 97.6 cm³/mol. The molecule has 1 aromatic carbocycles. The summed E-state index contributed by atoms with van der Waals surface area (Å²) in [7, 11) is 1.37. The van der Waals surface area contributed by atoms with Crippen molar-refractivity contribution in [2.24, 2.45) is 16.3 Å². The van der Waals surface area contributed by atoms with Crippen molar-refractivity contribution in [1.29, 1.82) is 0 Å². The van der Waals surface area contributed by atoms with Crippen LogP contribution in [0.1, 0.15) is 25.3 Å². The Bertz CT molecular complexity index is 889. The molecule has 26 heavy (non-hydrogen) atoms. The predicted octanol–water partition coefficient (Wildman–Crippen LogP) is 2.42. The van der Waals surface area contributed by atoms with Crippen molar-refractivity contribution in [3.63, 3.8) is 0 Å². The van der Waals surface area contributed by atoms with Crippen LogP contribution < -0.4 is 0 Å². The van der Waals surface area contributed by atoms with Crippen LogP contribution in [0.4, 0.5) is 5.69 Å². The number of benzene rings is 1. The van der Waals surface area contributed by atoms with Gasteiger partial charge in [0.1, 0.15) is 6.29 Å². The molecule has 1 aromatic rings. The molecule has 1 spiro atoms. The maximum absolute atomic E-state index is 13.1. The minimum absolute atomic E-state index is 0.169. The fourth-order valence-electron chi connectivity index (χ4n) is 6.09. The van der Waals surface area contributed by atoms with E-state index in [0.717, 1.165) is 49.2 Å². The van der Waals surface area contributed by atoms with Gasteiger partial charge in [-0.1, -0.05) is 29.8 Å². The van der Waals surface area contributed by atoms with Crippen molar-refractivity contribution in [2.45, 2.75) is 31.2 Å². The molecule has 0 aromatic heterocycles. The van der Waals surface area contributed by atoms with Crippen molar-refractivity contribution in [3.8, 4) is 0 Å². The Morgan fingerprint density at radius 1 is 1.38 bits per heavy atom. The first-order valence-corrected chi connectivity index (χ1v) is 9.26. The molecular weight excluding hydrogens is 328 g/mol. The van der Waals surface area contributed by atoms with Crippen LogP contribution in [0.5, 0.6) is 0 Å². The zero-order chi connectivity index (χ0) is 18.1. The van der Waals surface area contributed by atoms with E-state index in [1.807, 2.05) is 25.1 Å². The van der Waals surface area contributed by atoms with Gasteiger partial charge in [-0.05, 0) is 31.4 Å². The number of methoxy groups -OCH3 is 1. The molecule has 2 bridgehead atoms. The highest BCUT2D eigenvalue weighted by atomic mass is 16.5. The molecule has 0 radical (unpaired) electrons. The normalized spacial score (nSPS) is 38.5. The minimum Gasteiger partial charge on any atom is -0.468 e. The Labute approximate surface area is 152 Å². The van der Waals surface area contributed by atoms with Crippen LogP contribution in [0.25, 0.3) is 0 Å². The SMILES string of the molecule is CC=C1CN2CC[C@@]34C(=Nc5ccccc53)[C@@](C=O)(C(=O)OC)[C@H]1C[C@H]24. The average Bonchev–Trinajstić information content (AvgIpc) is 3.24. The fraction of sp³-hybridized carbons (Fsp3) is 0.476. The Morgan fingerprint density at radius 3 is 2.92 bits per heavy atom. The number of hydrogen-bond acceptors (Lipinski definition) is 5. The van der Waals surface area contributed by atoms with E-state index in [1.54, 1.807) is 0 Å². The second-order valence-corrected chi connectivity index (χ2v) is 7.82. The molecule has 0 amide bonds. The minimum atomic E-state index is -1.32. The second kappa shape index (κ2) is 5.13. The number of esters is 1. The number of allylic oxidation sites excluding steroid dienone is 1. The molecule has 0 N–H and O–H groups in total. The van der Waals surface area contributed by atoms with Crippen molar-refractivity contribution < 1.29 is 14.3 Å². The van der Waals surface area contributed by atoms with Crippen molar-refractivity contribution in [2.75, 3.05) is 20.2 Å². The monoisotopic (exact) mass is 350 g/mol. The third-order valence-corrected chi connectivity index (χ3v) is 7.16. The number of ether oxygens (including phenoxy) is 1. The molecule has 2 saturated heterocycles. The molecule has 5 heteroatoms. The zero-order valence-corrected chi connectivity index (χ0v) is 15.1. The average molecular weight is 350 g/mol. The first kappa shape index (κ1) is 15.9. The summed E-state index contributed by atoms with van der Waals surface area (Å²) >= 11 is 0. The van der Waals surface area contributed by atoms with Gasteiger partial charge in [0.2, 0.25) is 0 Å². The molecule has 3 heterocycles. The zero-order valence-electron chi connectivity index (χ0n) is 15.1. The molecule has 3 aliphatic heterocycles. The molecule has 1 saturated carbocycles. The van der Waals surface area contributed by atoms with Gasteiger partial charge in [0.25, 0.3) is 0 Å². The number of carbonyl (C=O) groups is 2. The standard InChI is InChI=1S/C21H22N2O3/c1-3-13-11-23-9-8-20-14-6-4-5-7-16(14)22-18(20)21(12-24,19(25)26-2)15(13)10-17(20)23/h3-7,12,15,17H,8-11H2,1-2H3/t15-,17-,20+,21-/m0/s1. The number of aldehydes is 1. The quantitative estimate of drug-likeness (QED) is 0.356. The van der Waals surface area contributed by atoms with E-state index in [4.69, 9.17) is 9.73 Å². The topological polar surface area (TPSA) is 59.0 Å². The molecule has 0 unspecified atom stereocenters. The van der Waals surface area contributed by atoms with E-state index in [0.29, 0.717) is 0 Å². The van der Waals surface area contributed by atoms with Crippen LogP contribution in [-0.4, -0.2) is 49.1 Å². The van der Waals surface area contributed by atoms with E-state index < -0.39 is 11.4 Å². The fourth-order valence-corrected chi connectivity index (χ4v) is 6.09. The number of carbonyl (C=O) groups excluding carboxylic acids is 2. The van der Waals surface area contributed by atoms with Crippen LogP contribution in [0.2, 0.25) is 0 Å². The lowest BCUT2D eigenvalue weighted by atomic mass is 9.50. The highest BCUT2D eigenvalue weighted by Gasteiger charge is 2.71. The number of fused-ring (bicyclic) bond motifs is 2. The highest BCUT2D eigenvalue weighted by Crippen LogP contribution is 2.63. The highest BCUT2D eigenvalue weighted by molar-refractivity contribution is 6.25. The molecule has 1 aliphatic carbocycles. The summed E-state index contributed by atoms with van der Waals surface area (Å²) in [5.74, 6) is -0.639. The largest absolute Gasteiger partial charge is 0.468 e. The summed E-state index contributed by atoms with van der Waals surface area (Å²) in [6.07, 6.45) is 4.57. The molecular formula is C21H22N2O3. The van der Waals surface area contributed by atoms with Crippen LogP contribution in [0, 0.1) is 11.3 Å². The van der Waals surface area contributed by atoms with Gasteiger partial charge in [-0.15, -0.1) is 0 Å². The van der Waals surface area contributed by atoms with Gasteiger partial charge in [0, 0.05) is 25.0 Å². The first-order valence-electron chi connectivity index (χ1n) is 9.26. The summed E-state index contributed by atoms with van der Waals surface area (Å²) in [5, 5.41) is 0. The number of aliphatic imine (C=N–C) groups is 1. The molecule has 4 atom stereocenters. The van der Waals surface area contributed by atoms with Gasteiger partial charge in [-0.25, -0.2) is 0 Å². The van der Waals surface area contributed by atoms with E-state index in [1.165, 1.54) is 12.7 Å². The summed E-state index contributed by atoms with van der Waals surface area (Å²) in [6.45, 7) is 3.76. The van der Waals surface area contributed by atoms with Gasteiger partial charge < -0.3 is 9.53 Å². The van der Waals surface area contributed by atoms with Gasteiger partial charge >= 0.3 is 5.97 Å². The van der Waals surface area contributed by atoms with Crippen molar-refractivity contribution in [1.82, 2.24) is 4.90 Å². The summed E-state index contributed by atoms with van der Waals surface area (Å²) in [6, 6.07) is 8.39. The number of hydrogen-bond donors (Lipinski definition) is 0. The summed E-state index contributed by atoms with van der Waals surface area (Å²) in [4.78, 5) is 33.1. The van der Waals surface area contributed by atoms with Crippen LogP contribution >= 0.6 is 0 Å². The van der Waals surface area contributed by atoms with E-state index in [-0.39, 0.29) is 17.4 Å². The second-order valence-electron chi connectivity index (χ2n) is 7.82. The Balaban J connectivity index is 1.84. The number of piperidine rings is 1. The third-order valence-electron chi connectivity index (χ3n) is 7.16. The molecule has 5 rings (SSSR count). The third kappa shape index (κ3) is 1.55. The van der Waals surface area contributed by atoms with Gasteiger partial charge in [0.05, 0.1) is 23.9 Å². The van der Waals surface area contributed by atoms with E-state index >= 15 is 0 Å². The van der Waals surface area contributed by atoms with Crippen LogP contribution in [0.3, 0.4) is 0 Å². The maximum Gasteiger partial charge on any atom is 0.325 e. The maximum atomic E-state index is 13.1. The summed E-state index contributed by atoms with van der Waals surface area (Å²) in [5.41, 5.74) is 2.27. The van der Waals surface area contributed by atoms with Gasteiger partial charge in [-0.2, -0.15) is 0 Å². The van der Waals surface area contributed by atoms with E-state index in [9.17, 15) is 9.59 Å². The molecule has 4 aliphatic rings. The molecule has 3 fully saturated rings. The molecule has 5 nitrogen and oxygen atoms in total.